The van der Waals surface area contributed by atoms with Crippen LogP contribution in [0.25, 0.3) is 0 Å². The summed E-state index contributed by atoms with van der Waals surface area (Å²) >= 11 is 0. The normalized spacial score (nSPS) is 15.9. The second-order valence-electron chi connectivity index (χ2n) is 4.05. The lowest BCUT2D eigenvalue weighted by Gasteiger charge is -2.25. The summed E-state index contributed by atoms with van der Waals surface area (Å²) in [6, 6.07) is 0.384. The molecule has 0 aromatic carbocycles. The Balaban J connectivity index is 0. The van der Waals surface area contributed by atoms with Crippen molar-refractivity contribution in [2.24, 2.45) is 0 Å². The number of halogens is 2. The third kappa shape index (κ3) is 7.82. The fraction of sp³-hybridized carbons (Fsp3) is 0.909. The molecule has 0 aromatic rings. The first-order valence-electron chi connectivity index (χ1n) is 5.98. The van der Waals surface area contributed by atoms with Crippen molar-refractivity contribution in [1.29, 1.82) is 0 Å². The topological polar surface area (TPSA) is 44.4 Å². The lowest BCUT2D eigenvalue weighted by molar-refractivity contribution is -0.123. The van der Waals surface area contributed by atoms with Crippen molar-refractivity contribution < 1.29 is 4.79 Å². The summed E-state index contributed by atoms with van der Waals surface area (Å²) in [6.07, 6.45) is 2.12. The summed E-state index contributed by atoms with van der Waals surface area (Å²) in [7, 11) is 0. The average molecular weight is 286 g/mol. The van der Waals surface area contributed by atoms with E-state index in [0.29, 0.717) is 12.6 Å². The molecule has 0 radical (unpaired) electrons. The zero-order chi connectivity index (χ0) is 11.1. The van der Waals surface area contributed by atoms with Crippen molar-refractivity contribution in [3.8, 4) is 0 Å². The number of carbonyl (C=O) groups is 1. The molecular weight excluding hydrogens is 261 g/mol. The molecule has 4 nitrogen and oxygen atoms in total. The van der Waals surface area contributed by atoms with Crippen LogP contribution in [0.3, 0.4) is 0 Å². The number of nitrogens with zero attached hydrogens (tertiary/aromatic N) is 1. The van der Waals surface area contributed by atoms with E-state index in [1.165, 1.54) is 0 Å². The van der Waals surface area contributed by atoms with E-state index in [0.717, 1.165) is 39.0 Å². The minimum Gasteiger partial charge on any atom is -0.352 e. The molecule has 0 saturated carbocycles. The molecule has 1 rings (SSSR count). The Morgan fingerprint density at radius 3 is 2.24 bits per heavy atom. The van der Waals surface area contributed by atoms with E-state index in [9.17, 15) is 4.79 Å². The maximum absolute atomic E-state index is 11.7. The molecule has 0 atom stereocenters. The number of hydrogen-bond acceptors (Lipinski definition) is 3. The number of carbonyl (C=O) groups excluding carboxylic acids is 1. The minimum absolute atomic E-state index is 0. The van der Waals surface area contributed by atoms with Gasteiger partial charge in [-0.25, -0.2) is 0 Å². The number of nitrogens with one attached hydrogen (secondary N) is 2. The van der Waals surface area contributed by atoms with Gasteiger partial charge in [-0.05, 0) is 39.0 Å². The summed E-state index contributed by atoms with van der Waals surface area (Å²) < 4.78 is 0. The molecule has 1 heterocycles. The van der Waals surface area contributed by atoms with Gasteiger partial charge in [0.2, 0.25) is 5.91 Å². The molecule has 0 aromatic heterocycles. The number of amides is 1. The molecule has 104 valence electrons. The molecule has 1 saturated heterocycles. The van der Waals surface area contributed by atoms with Crippen LogP contribution in [0.5, 0.6) is 0 Å². The molecule has 0 spiro atoms. The summed E-state index contributed by atoms with van der Waals surface area (Å²) in [4.78, 5) is 13.8. The number of piperidine rings is 1. The first-order chi connectivity index (χ1) is 7.26. The monoisotopic (exact) mass is 285 g/mol. The van der Waals surface area contributed by atoms with Gasteiger partial charge in [-0.1, -0.05) is 13.8 Å². The maximum atomic E-state index is 11.7. The highest BCUT2D eigenvalue weighted by Gasteiger charge is 2.16. The van der Waals surface area contributed by atoms with Gasteiger partial charge in [0.15, 0.2) is 0 Å². The van der Waals surface area contributed by atoms with Gasteiger partial charge >= 0.3 is 0 Å². The molecule has 0 unspecified atom stereocenters. The zero-order valence-electron chi connectivity index (χ0n) is 10.7. The van der Waals surface area contributed by atoms with Gasteiger partial charge in [-0.3, -0.25) is 9.69 Å². The van der Waals surface area contributed by atoms with Crippen molar-refractivity contribution in [2.75, 3.05) is 32.7 Å². The Bertz CT molecular complexity index is 195. The van der Waals surface area contributed by atoms with Crippen LogP contribution in [0.15, 0.2) is 0 Å². The number of rotatable bonds is 5. The molecular formula is C11H25Cl2N3O. The van der Waals surface area contributed by atoms with Gasteiger partial charge in [0.05, 0.1) is 6.54 Å². The Morgan fingerprint density at radius 1 is 1.24 bits per heavy atom. The number of hydrogen-bond donors (Lipinski definition) is 2. The Labute approximate surface area is 117 Å². The van der Waals surface area contributed by atoms with Crippen LogP contribution in [-0.4, -0.2) is 49.6 Å². The Hall–Kier alpha value is -0.0300. The SMILES string of the molecule is CCN(CC)CC(=O)NC1CCNCC1.Cl.Cl. The Morgan fingerprint density at radius 2 is 1.76 bits per heavy atom. The first-order valence-corrected chi connectivity index (χ1v) is 5.98. The minimum atomic E-state index is 0. The van der Waals surface area contributed by atoms with E-state index < -0.39 is 0 Å². The highest BCUT2D eigenvalue weighted by molar-refractivity contribution is 5.85. The zero-order valence-corrected chi connectivity index (χ0v) is 12.3. The van der Waals surface area contributed by atoms with Crippen LogP contribution >= 0.6 is 24.8 Å². The molecule has 0 bridgehead atoms. The third-order valence-electron chi connectivity index (χ3n) is 2.97. The quantitative estimate of drug-likeness (QED) is 0.794. The second kappa shape index (κ2) is 11.1. The second-order valence-corrected chi connectivity index (χ2v) is 4.05. The standard InChI is InChI=1S/C11H23N3O.2ClH/c1-3-14(4-2)9-11(15)13-10-5-7-12-8-6-10;;/h10,12H,3-9H2,1-2H3,(H,13,15);2*1H. The van der Waals surface area contributed by atoms with Gasteiger partial charge in [0.25, 0.3) is 0 Å². The molecule has 17 heavy (non-hydrogen) atoms. The van der Waals surface area contributed by atoms with Gasteiger partial charge in [0.1, 0.15) is 0 Å². The molecule has 1 fully saturated rings. The summed E-state index contributed by atoms with van der Waals surface area (Å²) in [5.41, 5.74) is 0. The molecule has 2 N–H and O–H groups in total. The van der Waals surface area contributed by atoms with Crippen LogP contribution in [0.4, 0.5) is 0 Å². The molecule has 1 amide bonds. The average Bonchev–Trinajstić information content (AvgIpc) is 2.27. The van der Waals surface area contributed by atoms with Crippen LogP contribution < -0.4 is 10.6 Å². The predicted octanol–water partition coefficient (Wildman–Crippen LogP) is 1.04. The summed E-state index contributed by atoms with van der Waals surface area (Å²) in [5.74, 6) is 0.172. The van der Waals surface area contributed by atoms with Crippen molar-refractivity contribution in [1.82, 2.24) is 15.5 Å². The highest BCUT2D eigenvalue weighted by Crippen LogP contribution is 2.01. The van der Waals surface area contributed by atoms with E-state index in [4.69, 9.17) is 0 Å². The van der Waals surface area contributed by atoms with E-state index in [-0.39, 0.29) is 30.7 Å². The largest absolute Gasteiger partial charge is 0.352 e. The van der Waals surface area contributed by atoms with E-state index in [1.54, 1.807) is 0 Å². The van der Waals surface area contributed by atoms with E-state index in [2.05, 4.69) is 29.4 Å². The van der Waals surface area contributed by atoms with Crippen molar-refractivity contribution in [3.05, 3.63) is 0 Å². The van der Waals surface area contributed by atoms with Gasteiger partial charge < -0.3 is 10.6 Å². The lowest BCUT2D eigenvalue weighted by Crippen LogP contribution is -2.46. The van der Waals surface area contributed by atoms with E-state index in [1.807, 2.05) is 0 Å². The maximum Gasteiger partial charge on any atom is 0.234 e. The molecule has 6 heteroatoms. The van der Waals surface area contributed by atoms with Crippen molar-refractivity contribution >= 4 is 30.7 Å². The summed E-state index contributed by atoms with van der Waals surface area (Å²) in [6.45, 7) is 8.64. The molecule has 1 aliphatic heterocycles. The molecule has 1 aliphatic rings. The smallest absolute Gasteiger partial charge is 0.234 e. The fourth-order valence-corrected chi connectivity index (χ4v) is 1.89. The lowest BCUT2D eigenvalue weighted by atomic mass is 10.1. The molecule has 0 aliphatic carbocycles. The predicted molar refractivity (Wildman–Crippen MR) is 76.3 cm³/mol. The van der Waals surface area contributed by atoms with Crippen LogP contribution in [0, 0.1) is 0 Å². The van der Waals surface area contributed by atoms with Gasteiger partial charge in [0, 0.05) is 6.04 Å². The third-order valence-corrected chi connectivity index (χ3v) is 2.97. The van der Waals surface area contributed by atoms with Crippen LogP contribution in [-0.2, 0) is 4.79 Å². The van der Waals surface area contributed by atoms with Crippen LogP contribution in [0.1, 0.15) is 26.7 Å². The van der Waals surface area contributed by atoms with Crippen molar-refractivity contribution in [2.45, 2.75) is 32.7 Å². The van der Waals surface area contributed by atoms with Crippen LogP contribution in [0.2, 0.25) is 0 Å². The van der Waals surface area contributed by atoms with E-state index >= 15 is 0 Å². The van der Waals surface area contributed by atoms with Gasteiger partial charge in [-0.15, -0.1) is 24.8 Å². The fourth-order valence-electron chi connectivity index (χ4n) is 1.89. The number of likely N-dealkylation sites (N-methyl/N-ethyl adjacent to an activating group) is 1. The van der Waals surface area contributed by atoms with Crippen molar-refractivity contribution in [3.63, 3.8) is 0 Å². The summed E-state index contributed by atoms with van der Waals surface area (Å²) in [5, 5.41) is 6.39. The Kier molecular flexibility index (Phi) is 12.6. The first kappa shape index (κ1) is 19.3. The highest BCUT2D eigenvalue weighted by atomic mass is 35.5. The van der Waals surface area contributed by atoms with Gasteiger partial charge in [-0.2, -0.15) is 0 Å².